The van der Waals surface area contributed by atoms with E-state index in [1.165, 1.54) is 19.3 Å². The number of amides is 1. The molecule has 138 valence electrons. The molecule has 2 saturated heterocycles. The molecule has 0 atom stereocenters. The standard InChI is InChI=1S/C17H24N8O/c1-22-13-14(20-21-22)16(26)24-11-9-23(10-12-24)15-5-6-18-17(19-15)25-7-3-2-4-8-25/h5-6,13H,2-4,7-12H2,1H3. The first kappa shape index (κ1) is 16.7. The number of hydrogen-bond donors (Lipinski definition) is 0. The number of rotatable bonds is 3. The zero-order chi connectivity index (χ0) is 17.9. The van der Waals surface area contributed by atoms with Crippen molar-refractivity contribution in [1.82, 2.24) is 29.9 Å². The van der Waals surface area contributed by atoms with Gasteiger partial charge < -0.3 is 14.7 Å². The van der Waals surface area contributed by atoms with Crippen molar-refractivity contribution in [3.8, 4) is 0 Å². The number of anilines is 2. The van der Waals surface area contributed by atoms with Crippen LogP contribution in [0.2, 0.25) is 0 Å². The highest BCUT2D eigenvalue weighted by Gasteiger charge is 2.25. The molecule has 0 bridgehead atoms. The molecule has 2 aliphatic heterocycles. The minimum absolute atomic E-state index is 0.0607. The van der Waals surface area contributed by atoms with Crippen LogP contribution in [0.25, 0.3) is 0 Å². The summed E-state index contributed by atoms with van der Waals surface area (Å²) in [5.41, 5.74) is 0.398. The molecule has 4 rings (SSSR count). The van der Waals surface area contributed by atoms with Crippen LogP contribution in [0.5, 0.6) is 0 Å². The van der Waals surface area contributed by atoms with Crippen LogP contribution < -0.4 is 9.80 Å². The highest BCUT2D eigenvalue weighted by molar-refractivity contribution is 5.92. The Kier molecular flexibility index (Phi) is 4.68. The third-order valence-electron chi connectivity index (χ3n) is 4.98. The number of piperazine rings is 1. The average molecular weight is 356 g/mol. The molecule has 9 heteroatoms. The Labute approximate surface area is 152 Å². The van der Waals surface area contributed by atoms with Gasteiger partial charge in [0.25, 0.3) is 5.91 Å². The van der Waals surface area contributed by atoms with Gasteiger partial charge in [0, 0.05) is 52.5 Å². The Morgan fingerprint density at radius 3 is 2.46 bits per heavy atom. The quantitative estimate of drug-likeness (QED) is 0.794. The molecule has 0 saturated carbocycles. The molecule has 4 heterocycles. The maximum absolute atomic E-state index is 12.5. The molecule has 2 fully saturated rings. The van der Waals surface area contributed by atoms with Crippen molar-refractivity contribution in [2.45, 2.75) is 19.3 Å². The maximum atomic E-state index is 12.5. The lowest BCUT2D eigenvalue weighted by Gasteiger charge is -2.35. The lowest BCUT2D eigenvalue weighted by molar-refractivity contribution is 0.0740. The Hall–Kier alpha value is -2.71. The fraction of sp³-hybridized carbons (Fsp3) is 0.588. The van der Waals surface area contributed by atoms with Gasteiger partial charge in [0.05, 0.1) is 6.20 Å². The second-order valence-corrected chi connectivity index (χ2v) is 6.82. The number of piperidine rings is 1. The summed E-state index contributed by atoms with van der Waals surface area (Å²) in [7, 11) is 1.76. The van der Waals surface area contributed by atoms with Crippen LogP contribution in [-0.4, -0.2) is 75.0 Å². The summed E-state index contributed by atoms with van der Waals surface area (Å²) in [6, 6.07) is 1.95. The first-order chi connectivity index (χ1) is 12.7. The highest BCUT2D eigenvalue weighted by atomic mass is 16.2. The number of carbonyl (C=O) groups is 1. The largest absolute Gasteiger partial charge is 0.353 e. The molecule has 0 spiro atoms. The molecule has 2 aromatic heterocycles. The predicted octanol–water partition coefficient (Wildman–Crippen LogP) is 0.558. The van der Waals surface area contributed by atoms with Gasteiger partial charge in [0.2, 0.25) is 5.95 Å². The van der Waals surface area contributed by atoms with Crippen LogP contribution in [0.3, 0.4) is 0 Å². The fourth-order valence-electron chi connectivity index (χ4n) is 3.51. The second kappa shape index (κ2) is 7.27. The number of hydrogen-bond acceptors (Lipinski definition) is 7. The summed E-state index contributed by atoms with van der Waals surface area (Å²) in [6.07, 6.45) is 7.19. The molecule has 2 aromatic rings. The van der Waals surface area contributed by atoms with Gasteiger partial charge in [-0.3, -0.25) is 9.48 Å². The van der Waals surface area contributed by atoms with E-state index in [0.717, 1.165) is 37.9 Å². The molecule has 1 amide bonds. The number of carbonyl (C=O) groups excluding carboxylic acids is 1. The summed E-state index contributed by atoms with van der Waals surface area (Å²) in [4.78, 5) is 28.0. The molecular formula is C17H24N8O. The van der Waals surface area contributed by atoms with E-state index in [1.807, 2.05) is 17.2 Å². The van der Waals surface area contributed by atoms with E-state index in [2.05, 4.69) is 25.1 Å². The summed E-state index contributed by atoms with van der Waals surface area (Å²) >= 11 is 0. The normalized spacial score (nSPS) is 18.3. The van der Waals surface area contributed by atoms with Gasteiger partial charge in [-0.05, 0) is 25.3 Å². The fourth-order valence-corrected chi connectivity index (χ4v) is 3.51. The van der Waals surface area contributed by atoms with Crippen molar-refractivity contribution in [3.05, 3.63) is 24.2 Å². The van der Waals surface area contributed by atoms with Crippen LogP contribution in [0, 0.1) is 0 Å². The molecule has 9 nitrogen and oxygen atoms in total. The average Bonchev–Trinajstić information content (AvgIpc) is 3.15. The SMILES string of the molecule is Cn1cc(C(=O)N2CCN(c3ccnc(N4CCCCC4)n3)CC2)nn1. The second-order valence-electron chi connectivity index (χ2n) is 6.82. The molecule has 0 radical (unpaired) electrons. The van der Waals surface area contributed by atoms with Gasteiger partial charge in [-0.25, -0.2) is 4.98 Å². The third kappa shape index (κ3) is 3.47. The smallest absolute Gasteiger partial charge is 0.276 e. The van der Waals surface area contributed by atoms with Crippen molar-refractivity contribution >= 4 is 17.7 Å². The van der Waals surface area contributed by atoms with E-state index < -0.39 is 0 Å². The van der Waals surface area contributed by atoms with E-state index >= 15 is 0 Å². The van der Waals surface area contributed by atoms with Gasteiger partial charge in [-0.15, -0.1) is 5.10 Å². The monoisotopic (exact) mass is 356 g/mol. The Balaban J connectivity index is 1.39. The molecular weight excluding hydrogens is 332 g/mol. The van der Waals surface area contributed by atoms with Crippen LogP contribution in [0.4, 0.5) is 11.8 Å². The zero-order valence-corrected chi connectivity index (χ0v) is 15.1. The molecule has 0 unspecified atom stereocenters. The Bertz CT molecular complexity index is 762. The Morgan fingerprint density at radius 1 is 1.00 bits per heavy atom. The maximum Gasteiger partial charge on any atom is 0.276 e. The molecule has 2 aliphatic rings. The zero-order valence-electron chi connectivity index (χ0n) is 15.1. The van der Waals surface area contributed by atoms with E-state index in [4.69, 9.17) is 4.98 Å². The van der Waals surface area contributed by atoms with Crippen LogP contribution in [0.1, 0.15) is 29.8 Å². The van der Waals surface area contributed by atoms with Crippen molar-refractivity contribution in [3.63, 3.8) is 0 Å². The summed E-state index contributed by atoms with van der Waals surface area (Å²) in [5.74, 6) is 1.70. The number of aryl methyl sites for hydroxylation is 1. The molecule has 0 N–H and O–H groups in total. The van der Waals surface area contributed by atoms with E-state index in [9.17, 15) is 4.79 Å². The molecule has 26 heavy (non-hydrogen) atoms. The molecule has 0 aliphatic carbocycles. The minimum Gasteiger partial charge on any atom is -0.353 e. The van der Waals surface area contributed by atoms with E-state index in [1.54, 1.807) is 17.9 Å². The van der Waals surface area contributed by atoms with Crippen molar-refractivity contribution in [1.29, 1.82) is 0 Å². The predicted molar refractivity (Wildman–Crippen MR) is 97.2 cm³/mol. The summed E-state index contributed by atoms with van der Waals surface area (Å²) in [5, 5.41) is 7.75. The molecule has 0 aromatic carbocycles. The summed E-state index contributed by atoms with van der Waals surface area (Å²) in [6.45, 7) is 4.87. The lowest BCUT2D eigenvalue weighted by atomic mass is 10.1. The van der Waals surface area contributed by atoms with Crippen molar-refractivity contribution in [2.24, 2.45) is 7.05 Å². The number of aromatic nitrogens is 5. The van der Waals surface area contributed by atoms with Gasteiger partial charge >= 0.3 is 0 Å². The first-order valence-corrected chi connectivity index (χ1v) is 9.19. The number of nitrogens with zero attached hydrogens (tertiary/aromatic N) is 8. The van der Waals surface area contributed by atoms with Crippen molar-refractivity contribution in [2.75, 3.05) is 49.1 Å². The first-order valence-electron chi connectivity index (χ1n) is 9.19. The third-order valence-corrected chi connectivity index (χ3v) is 4.98. The van der Waals surface area contributed by atoms with E-state index in [-0.39, 0.29) is 5.91 Å². The van der Waals surface area contributed by atoms with E-state index in [0.29, 0.717) is 18.8 Å². The van der Waals surface area contributed by atoms with Gasteiger partial charge in [-0.1, -0.05) is 5.21 Å². The van der Waals surface area contributed by atoms with Crippen LogP contribution in [-0.2, 0) is 7.05 Å². The lowest BCUT2D eigenvalue weighted by Crippen LogP contribution is -2.49. The Morgan fingerprint density at radius 2 is 1.77 bits per heavy atom. The van der Waals surface area contributed by atoms with Crippen LogP contribution >= 0.6 is 0 Å². The highest BCUT2D eigenvalue weighted by Crippen LogP contribution is 2.20. The van der Waals surface area contributed by atoms with Crippen LogP contribution in [0.15, 0.2) is 18.5 Å². The summed E-state index contributed by atoms with van der Waals surface area (Å²) < 4.78 is 1.55. The van der Waals surface area contributed by atoms with Gasteiger partial charge in [-0.2, -0.15) is 4.98 Å². The van der Waals surface area contributed by atoms with Crippen molar-refractivity contribution < 1.29 is 4.79 Å². The topological polar surface area (TPSA) is 83.3 Å². The van der Waals surface area contributed by atoms with Gasteiger partial charge in [0.15, 0.2) is 5.69 Å². The minimum atomic E-state index is -0.0607. The van der Waals surface area contributed by atoms with Gasteiger partial charge in [0.1, 0.15) is 5.82 Å².